The lowest BCUT2D eigenvalue weighted by atomic mass is 9.95. The van der Waals surface area contributed by atoms with Crippen LogP contribution in [0.3, 0.4) is 0 Å². The van der Waals surface area contributed by atoms with Crippen molar-refractivity contribution in [1.82, 2.24) is 5.32 Å². The first kappa shape index (κ1) is 22.3. The van der Waals surface area contributed by atoms with E-state index in [-0.39, 0.29) is 24.1 Å². The summed E-state index contributed by atoms with van der Waals surface area (Å²) in [5.41, 5.74) is 4.40. The summed E-state index contributed by atoms with van der Waals surface area (Å²) in [5.74, 6) is -1.54. The minimum Gasteiger partial charge on any atom is -0.481 e. The maximum Gasteiger partial charge on any atom is 0.307 e. The van der Waals surface area contributed by atoms with Crippen LogP contribution in [0.5, 0.6) is 0 Å². The number of nitrogens with one attached hydrogen (secondary N) is 3. The van der Waals surface area contributed by atoms with Gasteiger partial charge < -0.3 is 21.1 Å². The van der Waals surface area contributed by atoms with Crippen molar-refractivity contribution in [2.75, 3.05) is 23.7 Å². The summed E-state index contributed by atoms with van der Waals surface area (Å²) in [7, 11) is 0. The number of nitriles is 1. The Morgan fingerprint density at radius 1 is 1.18 bits per heavy atom. The van der Waals surface area contributed by atoms with Crippen LogP contribution in [-0.4, -0.2) is 30.2 Å². The first-order valence-electron chi connectivity index (χ1n) is 10.9. The van der Waals surface area contributed by atoms with Crippen molar-refractivity contribution in [3.8, 4) is 6.07 Å². The molecule has 0 radical (unpaired) electrons. The fraction of sp³-hybridized carbons (Fsp3) is 0.231. The van der Waals surface area contributed by atoms with Gasteiger partial charge in [-0.05, 0) is 47.9 Å². The highest BCUT2D eigenvalue weighted by molar-refractivity contribution is 5.77. The third-order valence-corrected chi connectivity index (χ3v) is 5.83. The van der Waals surface area contributed by atoms with Gasteiger partial charge in [-0.15, -0.1) is 0 Å². The maximum absolute atomic E-state index is 14.2. The fourth-order valence-corrected chi connectivity index (χ4v) is 4.18. The SMILES string of the molecule is N#Cc1cccc2c1N[C@@H]([C@H](NCCc1ccc(CC(=O)O)c(F)c1)c1ccccc1)CN2. The van der Waals surface area contributed by atoms with Gasteiger partial charge in [0.1, 0.15) is 11.9 Å². The van der Waals surface area contributed by atoms with Crippen LogP contribution in [0, 0.1) is 17.1 Å². The topological polar surface area (TPSA) is 97.2 Å². The third kappa shape index (κ3) is 5.30. The molecule has 0 spiro atoms. The van der Waals surface area contributed by atoms with Crippen LogP contribution in [0.15, 0.2) is 66.7 Å². The van der Waals surface area contributed by atoms with E-state index in [0.717, 1.165) is 22.5 Å². The number of anilines is 2. The van der Waals surface area contributed by atoms with Crippen molar-refractivity contribution in [3.05, 3.63) is 94.8 Å². The number of hydrogen-bond donors (Lipinski definition) is 4. The molecule has 3 aromatic rings. The quantitative estimate of drug-likeness (QED) is 0.418. The van der Waals surface area contributed by atoms with E-state index in [4.69, 9.17) is 5.11 Å². The molecule has 33 heavy (non-hydrogen) atoms. The molecule has 1 aliphatic rings. The van der Waals surface area contributed by atoms with Crippen LogP contribution < -0.4 is 16.0 Å². The van der Waals surface area contributed by atoms with Gasteiger partial charge in [0.2, 0.25) is 0 Å². The number of carboxylic acids is 1. The Morgan fingerprint density at radius 3 is 2.73 bits per heavy atom. The van der Waals surface area contributed by atoms with Crippen molar-refractivity contribution in [2.24, 2.45) is 0 Å². The molecule has 2 atom stereocenters. The van der Waals surface area contributed by atoms with E-state index in [1.54, 1.807) is 18.2 Å². The molecule has 4 N–H and O–H groups in total. The molecule has 0 saturated carbocycles. The summed E-state index contributed by atoms with van der Waals surface area (Å²) in [5, 5.41) is 28.9. The molecule has 0 unspecified atom stereocenters. The van der Waals surface area contributed by atoms with Gasteiger partial charge in [0.25, 0.3) is 0 Å². The van der Waals surface area contributed by atoms with Gasteiger partial charge in [-0.25, -0.2) is 4.39 Å². The zero-order chi connectivity index (χ0) is 23.2. The van der Waals surface area contributed by atoms with Gasteiger partial charge in [-0.1, -0.05) is 48.5 Å². The van der Waals surface area contributed by atoms with Crippen molar-refractivity contribution in [2.45, 2.75) is 24.9 Å². The van der Waals surface area contributed by atoms with Crippen molar-refractivity contribution < 1.29 is 14.3 Å². The van der Waals surface area contributed by atoms with E-state index in [1.165, 1.54) is 6.07 Å². The maximum atomic E-state index is 14.2. The molecule has 7 heteroatoms. The van der Waals surface area contributed by atoms with Crippen LogP contribution in [0.25, 0.3) is 0 Å². The molecule has 0 aliphatic carbocycles. The van der Waals surface area contributed by atoms with Gasteiger partial charge in [-0.2, -0.15) is 5.26 Å². The first-order chi connectivity index (χ1) is 16.0. The number of carboxylic acid groups (broad SMARTS) is 1. The highest BCUT2D eigenvalue weighted by Gasteiger charge is 2.27. The number of benzene rings is 3. The molecule has 1 heterocycles. The number of carbonyl (C=O) groups is 1. The van der Waals surface area contributed by atoms with Crippen LogP contribution in [0.1, 0.15) is 28.3 Å². The molecule has 0 saturated heterocycles. The minimum absolute atomic E-state index is 0.0101. The van der Waals surface area contributed by atoms with E-state index in [9.17, 15) is 14.4 Å². The normalized spacial score (nSPS) is 15.5. The van der Waals surface area contributed by atoms with E-state index in [0.29, 0.717) is 25.1 Å². The Hall–Kier alpha value is -3.89. The number of fused-ring (bicyclic) bond motifs is 1. The van der Waals surface area contributed by atoms with E-state index in [1.807, 2.05) is 30.3 Å². The molecule has 0 aromatic heterocycles. The van der Waals surface area contributed by atoms with Gasteiger partial charge in [0, 0.05) is 6.54 Å². The van der Waals surface area contributed by atoms with Crippen LogP contribution in [0.4, 0.5) is 15.8 Å². The molecule has 1 aliphatic heterocycles. The molecule has 4 rings (SSSR count). The summed E-state index contributed by atoms with van der Waals surface area (Å²) in [6, 6.07) is 22.6. The van der Waals surface area contributed by atoms with Gasteiger partial charge in [0.15, 0.2) is 0 Å². The molecule has 0 bridgehead atoms. The number of aliphatic carboxylic acids is 1. The number of halogens is 1. The molecular weight excluding hydrogens is 419 g/mol. The number of nitrogens with zero attached hydrogens (tertiary/aromatic N) is 1. The Morgan fingerprint density at radius 2 is 2.00 bits per heavy atom. The summed E-state index contributed by atoms with van der Waals surface area (Å²) in [6.07, 6.45) is 0.265. The summed E-state index contributed by atoms with van der Waals surface area (Å²) >= 11 is 0. The van der Waals surface area contributed by atoms with Crippen molar-refractivity contribution >= 4 is 17.3 Å². The largest absolute Gasteiger partial charge is 0.481 e. The predicted octanol–water partition coefficient (Wildman–Crippen LogP) is 4.10. The Labute approximate surface area is 192 Å². The lowest BCUT2D eigenvalue weighted by Gasteiger charge is -2.35. The summed E-state index contributed by atoms with van der Waals surface area (Å²) in [6.45, 7) is 1.27. The van der Waals surface area contributed by atoms with Gasteiger partial charge in [-0.3, -0.25) is 4.79 Å². The second-order valence-corrected chi connectivity index (χ2v) is 8.06. The number of hydrogen-bond acceptors (Lipinski definition) is 5. The van der Waals surface area contributed by atoms with Crippen molar-refractivity contribution in [1.29, 1.82) is 5.26 Å². The van der Waals surface area contributed by atoms with E-state index < -0.39 is 11.8 Å². The zero-order valence-corrected chi connectivity index (χ0v) is 18.0. The van der Waals surface area contributed by atoms with Gasteiger partial charge in [0.05, 0.1) is 35.4 Å². The Balaban J connectivity index is 1.48. The first-order valence-corrected chi connectivity index (χ1v) is 10.9. The average molecular weight is 445 g/mol. The summed E-state index contributed by atoms with van der Waals surface area (Å²) < 4.78 is 14.2. The van der Waals surface area contributed by atoms with E-state index in [2.05, 4.69) is 34.2 Å². The third-order valence-electron chi connectivity index (χ3n) is 5.83. The predicted molar refractivity (Wildman–Crippen MR) is 126 cm³/mol. The smallest absolute Gasteiger partial charge is 0.307 e. The molecule has 6 nitrogen and oxygen atoms in total. The molecule has 0 amide bonds. The highest BCUT2D eigenvalue weighted by atomic mass is 19.1. The lowest BCUT2D eigenvalue weighted by molar-refractivity contribution is -0.136. The van der Waals surface area contributed by atoms with E-state index >= 15 is 0 Å². The standard InChI is InChI=1S/C26H25FN4O2/c27-21-13-17(9-10-19(21)14-24(32)33)11-12-29-25(18-5-2-1-3-6-18)23-16-30-22-8-4-7-20(15-28)26(22)31-23/h1-10,13,23,25,29-31H,11-12,14,16H2,(H,32,33)/t23-,25-/m1/s1. The van der Waals surface area contributed by atoms with Crippen molar-refractivity contribution in [3.63, 3.8) is 0 Å². The van der Waals surface area contributed by atoms with Crippen LogP contribution in [0.2, 0.25) is 0 Å². The second-order valence-electron chi connectivity index (χ2n) is 8.06. The number of rotatable bonds is 8. The molecule has 168 valence electrons. The zero-order valence-electron chi connectivity index (χ0n) is 18.0. The summed E-state index contributed by atoms with van der Waals surface area (Å²) in [4.78, 5) is 10.8. The monoisotopic (exact) mass is 444 g/mol. The fourth-order valence-electron chi connectivity index (χ4n) is 4.18. The minimum atomic E-state index is -1.05. The molecule has 3 aromatic carbocycles. The number of para-hydroxylation sites is 1. The van der Waals surface area contributed by atoms with Gasteiger partial charge >= 0.3 is 5.97 Å². The Kier molecular flexibility index (Phi) is 6.86. The molecule has 0 fully saturated rings. The molecular formula is C26H25FN4O2. The average Bonchev–Trinajstić information content (AvgIpc) is 2.83. The van der Waals surface area contributed by atoms with Crippen LogP contribution in [-0.2, 0) is 17.6 Å². The second kappa shape index (κ2) is 10.2. The Bertz CT molecular complexity index is 1180. The lowest BCUT2D eigenvalue weighted by Crippen LogP contribution is -2.44. The van der Waals surface area contributed by atoms with Crippen LogP contribution >= 0.6 is 0 Å². The highest BCUT2D eigenvalue weighted by Crippen LogP contribution is 2.33.